The molecule has 1 fully saturated rings. The topological polar surface area (TPSA) is 125 Å². The number of amides is 1. The summed E-state index contributed by atoms with van der Waals surface area (Å²) < 4.78 is 0. The van der Waals surface area contributed by atoms with Crippen molar-refractivity contribution in [3.8, 4) is 0 Å². The SMILES string of the molecule is NNc1nc(N2CCCNC(=O)C2)c2cn[nH]c2n1. The Hall–Kier alpha value is -2.42. The summed E-state index contributed by atoms with van der Waals surface area (Å²) in [6, 6.07) is 0. The fraction of sp³-hybridized carbons (Fsp3) is 0.400. The molecule has 1 aliphatic heterocycles. The van der Waals surface area contributed by atoms with Crippen LogP contribution in [0, 0.1) is 0 Å². The van der Waals surface area contributed by atoms with Gasteiger partial charge in [-0.2, -0.15) is 15.1 Å². The highest BCUT2D eigenvalue weighted by molar-refractivity contribution is 5.90. The van der Waals surface area contributed by atoms with Gasteiger partial charge >= 0.3 is 0 Å². The van der Waals surface area contributed by atoms with Crippen LogP contribution in [-0.4, -0.2) is 45.7 Å². The van der Waals surface area contributed by atoms with E-state index in [2.05, 4.69) is 30.9 Å². The zero-order valence-corrected chi connectivity index (χ0v) is 10.2. The van der Waals surface area contributed by atoms with Crippen molar-refractivity contribution >= 4 is 28.7 Å². The summed E-state index contributed by atoms with van der Waals surface area (Å²) in [5.74, 6) is 6.29. The van der Waals surface area contributed by atoms with Crippen LogP contribution in [0.2, 0.25) is 0 Å². The third-order valence-corrected chi connectivity index (χ3v) is 2.98. The van der Waals surface area contributed by atoms with Crippen LogP contribution in [-0.2, 0) is 4.79 Å². The Morgan fingerprint density at radius 2 is 2.32 bits per heavy atom. The molecule has 1 saturated heterocycles. The largest absolute Gasteiger partial charge is 0.354 e. The minimum Gasteiger partial charge on any atom is -0.354 e. The standard InChI is InChI=1S/C10H14N8O/c11-16-10-14-8-6(4-13-17-8)9(15-10)18-3-1-2-12-7(19)5-18/h4H,1-3,5,11H2,(H,12,19)(H2,13,14,15,16,17). The maximum Gasteiger partial charge on any atom is 0.241 e. The molecule has 2 aromatic rings. The van der Waals surface area contributed by atoms with E-state index in [0.717, 1.165) is 18.4 Å². The van der Waals surface area contributed by atoms with Gasteiger partial charge in [0.15, 0.2) is 5.65 Å². The first-order valence-corrected chi connectivity index (χ1v) is 5.97. The summed E-state index contributed by atoms with van der Waals surface area (Å²) in [4.78, 5) is 22.0. The molecular formula is C10H14N8O. The number of aromatic amines is 1. The number of nitrogens with two attached hydrogens (primary N) is 1. The average Bonchev–Trinajstić information content (AvgIpc) is 2.79. The molecule has 0 unspecified atom stereocenters. The number of H-pyrrole nitrogens is 1. The fourth-order valence-corrected chi connectivity index (χ4v) is 2.11. The third-order valence-electron chi connectivity index (χ3n) is 2.98. The van der Waals surface area contributed by atoms with E-state index < -0.39 is 0 Å². The molecule has 0 atom stereocenters. The van der Waals surface area contributed by atoms with Crippen molar-refractivity contribution in [1.29, 1.82) is 0 Å². The Morgan fingerprint density at radius 3 is 3.16 bits per heavy atom. The van der Waals surface area contributed by atoms with Gasteiger partial charge in [0.2, 0.25) is 11.9 Å². The molecule has 3 heterocycles. The van der Waals surface area contributed by atoms with E-state index in [0.29, 0.717) is 18.0 Å². The molecule has 0 aliphatic carbocycles. The lowest BCUT2D eigenvalue weighted by atomic mass is 10.3. The van der Waals surface area contributed by atoms with Crippen molar-refractivity contribution in [3.63, 3.8) is 0 Å². The molecule has 2 aromatic heterocycles. The highest BCUT2D eigenvalue weighted by atomic mass is 16.2. The van der Waals surface area contributed by atoms with Crippen molar-refractivity contribution in [2.75, 3.05) is 30.0 Å². The molecule has 0 radical (unpaired) electrons. The van der Waals surface area contributed by atoms with Crippen LogP contribution in [0.1, 0.15) is 6.42 Å². The normalized spacial score (nSPS) is 16.3. The zero-order chi connectivity index (χ0) is 13.2. The van der Waals surface area contributed by atoms with Crippen LogP contribution in [0.25, 0.3) is 11.0 Å². The Balaban J connectivity index is 2.06. The molecule has 0 saturated carbocycles. The molecule has 100 valence electrons. The molecule has 3 rings (SSSR count). The van der Waals surface area contributed by atoms with Gasteiger partial charge in [0.05, 0.1) is 18.1 Å². The van der Waals surface area contributed by atoms with E-state index in [-0.39, 0.29) is 18.4 Å². The number of nitrogens with zero attached hydrogens (tertiary/aromatic N) is 4. The Morgan fingerprint density at radius 1 is 1.42 bits per heavy atom. The van der Waals surface area contributed by atoms with Gasteiger partial charge in [0.25, 0.3) is 0 Å². The number of hydrogen-bond acceptors (Lipinski definition) is 7. The third kappa shape index (κ3) is 2.15. The molecule has 9 nitrogen and oxygen atoms in total. The van der Waals surface area contributed by atoms with Gasteiger partial charge in [-0.15, -0.1) is 0 Å². The van der Waals surface area contributed by atoms with Crippen LogP contribution < -0.4 is 21.5 Å². The minimum absolute atomic E-state index is 0.0185. The van der Waals surface area contributed by atoms with Crippen molar-refractivity contribution in [3.05, 3.63) is 6.20 Å². The number of rotatable bonds is 2. The second-order valence-corrected chi connectivity index (χ2v) is 4.27. The molecule has 9 heteroatoms. The molecule has 1 aliphatic rings. The number of nitrogens with one attached hydrogen (secondary N) is 3. The quantitative estimate of drug-likeness (QED) is 0.402. The van der Waals surface area contributed by atoms with E-state index in [1.165, 1.54) is 0 Å². The van der Waals surface area contributed by atoms with Crippen molar-refractivity contribution in [2.24, 2.45) is 5.84 Å². The predicted octanol–water partition coefficient (Wildman–Crippen LogP) is -1.04. The molecule has 1 amide bonds. The summed E-state index contributed by atoms with van der Waals surface area (Å²) in [5.41, 5.74) is 3.00. The zero-order valence-electron chi connectivity index (χ0n) is 10.2. The molecule has 0 aromatic carbocycles. The van der Waals surface area contributed by atoms with Crippen LogP contribution in [0.15, 0.2) is 6.20 Å². The summed E-state index contributed by atoms with van der Waals surface area (Å²) in [6.07, 6.45) is 2.51. The first-order chi connectivity index (χ1) is 9.28. The number of anilines is 2. The Kier molecular flexibility index (Phi) is 2.88. The molecule has 19 heavy (non-hydrogen) atoms. The highest BCUT2D eigenvalue weighted by Gasteiger charge is 2.20. The van der Waals surface area contributed by atoms with Crippen molar-refractivity contribution in [2.45, 2.75) is 6.42 Å². The number of hydrazine groups is 1. The number of fused-ring (bicyclic) bond motifs is 1. The summed E-state index contributed by atoms with van der Waals surface area (Å²) in [7, 11) is 0. The van der Waals surface area contributed by atoms with E-state index in [9.17, 15) is 4.79 Å². The number of hydrogen-bond donors (Lipinski definition) is 4. The van der Waals surface area contributed by atoms with Gasteiger partial charge in [0.1, 0.15) is 5.82 Å². The lowest BCUT2D eigenvalue weighted by molar-refractivity contribution is -0.119. The first kappa shape index (κ1) is 11.7. The number of nitrogen functional groups attached to an aromatic ring is 1. The summed E-state index contributed by atoms with van der Waals surface area (Å²) >= 11 is 0. The maximum absolute atomic E-state index is 11.6. The van der Waals surface area contributed by atoms with Gasteiger partial charge in [-0.3, -0.25) is 15.3 Å². The smallest absolute Gasteiger partial charge is 0.241 e. The number of carbonyl (C=O) groups is 1. The van der Waals surface area contributed by atoms with E-state index in [1.54, 1.807) is 6.20 Å². The summed E-state index contributed by atoms with van der Waals surface area (Å²) in [6.45, 7) is 1.68. The monoisotopic (exact) mass is 262 g/mol. The fourth-order valence-electron chi connectivity index (χ4n) is 2.11. The highest BCUT2D eigenvalue weighted by Crippen LogP contribution is 2.24. The Labute approximate surface area is 108 Å². The summed E-state index contributed by atoms with van der Waals surface area (Å²) in [5, 5.41) is 10.3. The lowest BCUT2D eigenvalue weighted by Crippen LogP contribution is -2.33. The van der Waals surface area contributed by atoms with Crippen molar-refractivity contribution < 1.29 is 4.79 Å². The number of aromatic nitrogens is 4. The van der Waals surface area contributed by atoms with Gasteiger partial charge in [0, 0.05) is 13.1 Å². The minimum atomic E-state index is -0.0185. The lowest BCUT2D eigenvalue weighted by Gasteiger charge is -2.20. The van der Waals surface area contributed by atoms with Gasteiger partial charge in [-0.1, -0.05) is 0 Å². The Bertz CT molecular complexity index is 609. The predicted molar refractivity (Wildman–Crippen MR) is 69.3 cm³/mol. The molecule has 5 N–H and O–H groups in total. The molecule has 0 bridgehead atoms. The molecular weight excluding hydrogens is 248 g/mol. The second kappa shape index (κ2) is 4.69. The van der Waals surface area contributed by atoms with Crippen LogP contribution in [0.4, 0.5) is 11.8 Å². The van der Waals surface area contributed by atoms with Gasteiger partial charge in [-0.05, 0) is 6.42 Å². The maximum atomic E-state index is 11.6. The first-order valence-electron chi connectivity index (χ1n) is 5.97. The average molecular weight is 262 g/mol. The number of carbonyl (C=O) groups excluding carboxylic acids is 1. The van der Waals surface area contributed by atoms with Crippen LogP contribution in [0.3, 0.4) is 0 Å². The van der Waals surface area contributed by atoms with E-state index in [4.69, 9.17) is 5.84 Å². The van der Waals surface area contributed by atoms with E-state index in [1.807, 2.05) is 4.90 Å². The van der Waals surface area contributed by atoms with Crippen LogP contribution in [0.5, 0.6) is 0 Å². The second-order valence-electron chi connectivity index (χ2n) is 4.27. The van der Waals surface area contributed by atoms with Crippen LogP contribution >= 0.6 is 0 Å². The van der Waals surface area contributed by atoms with Gasteiger partial charge in [-0.25, -0.2) is 5.84 Å². The van der Waals surface area contributed by atoms with Gasteiger partial charge < -0.3 is 10.2 Å². The van der Waals surface area contributed by atoms with E-state index >= 15 is 0 Å². The van der Waals surface area contributed by atoms with Crippen molar-refractivity contribution in [1.82, 2.24) is 25.5 Å². The molecule has 0 spiro atoms.